The lowest BCUT2D eigenvalue weighted by Crippen LogP contribution is -2.26. The van der Waals surface area contributed by atoms with Gasteiger partial charge in [-0.05, 0) is 37.8 Å². The summed E-state index contributed by atoms with van der Waals surface area (Å²) in [7, 11) is 0. The maximum Gasteiger partial charge on any atom is 0.123 e. The molecule has 1 aromatic carbocycles. The van der Waals surface area contributed by atoms with Gasteiger partial charge < -0.3 is 10.6 Å². The maximum absolute atomic E-state index is 4.50. The standard InChI is InChI=1S/C25H33N5/c1-19(2)28-25(18-26-17-24-14-10-9-11-20(24)3)15-16-27-30-22(5)29-21(4)23-12-7-6-8-13-23/h6-10,12-16,20,26-27H,1,4,11,17-18H2,2-3,5H3,(H,29,30)/b16-15-,28-25+. The van der Waals surface area contributed by atoms with Crippen molar-refractivity contribution < 1.29 is 0 Å². The quantitative estimate of drug-likeness (QED) is 0.300. The van der Waals surface area contributed by atoms with Crippen LogP contribution < -0.4 is 16.1 Å². The van der Waals surface area contributed by atoms with Crippen LogP contribution in [0, 0.1) is 5.92 Å². The largest absolute Gasteiger partial charge is 0.343 e. The summed E-state index contributed by atoms with van der Waals surface area (Å²) in [5, 5.41) is 11.0. The van der Waals surface area contributed by atoms with Crippen LogP contribution >= 0.6 is 0 Å². The molecule has 5 nitrogen and oxygen atoms in total. The van der Waals surface area contributed by atoms with Gasteiger partial charge in [0.15, 0.2) is 0 Å². The molecule has 0 saturated heterocycles. The number of rotatable bonds is 10. The Morgan fingerprint density at radius 2 is 1.97 bits per heavy atom. The first kappa shape index (κ1) is 23.1. The van der Waals surface area contributed by atoms with Crippen molar-refractivity contribution in [3.05, 3.63) is 90.8 Å². The van der Waals surface area contributed by atoms with Crippen LogP contribution in [0.15, 0.2) is 95.4 Å². The van der Waals surface area contributed by atoms with E-state index < -0.39 is 0 Å². The zero-order valence-electron chi connectivity index (χ0n) is 18.3. The number of allylic oxidation sites excluding steroid dienone is 4. The van der Waals surface area contributed by atoms with Gasteiger partial charge in [0.2, 0.25) is 0 Å². The molecule has 30 heavy (non-hydrogen) atoms. The van der Waals surface area contributed by atoms with Gasteiger partial charge >= 0.3 is 0 Å². The van der Waals surface area contributed by atoms with Crippen molar-refractivity contribution in [1.82, 2.24) is 16.1 Å². The van der Waals surface area contributed by atoms with Gasteiger partial charge in [-0.1, -0.05) is 74.2 Å². The number of hydrogen-bond acceptors (Lipinski definition) is 4. The van der Waals surface area contributed by atoms with Gasteiger partial charge in [0, 0.05) is 30.7 Å². The molecule has 0 saturated carbocycles. The van der Waals surface area contributed by atoms with E-state index in [0.29, 0.717) is 12.5 Å². The van der Waals surface area contributed by atoms with Gasteiger partial charge in [-0.2, -0.15) is 5.10 Å². The molecule has 3 N–H and O–H groups in total. The number of benzene rings is 1. The lowest BCUT2D eigenvalue weighted by molar-refractivity contribution is 0.640. The van der Waals surface area contributed by atoms with Crippen LogP contribution in [0.5, 0.6) is 0 Å². The Balaban J connectivity index is 1.84. The van der Waals surface area contributed by atoms with Gasteiger partial charge in [-0.15, -0.1) is 0 Å². The van der Waals surface area contributed by atoms with Crippen molar-refractivity contribution >= 4 is 17.2 Å². The average Bonchev–Trinajstić information content (AvgIpc) is 2.72. The van der Waals surface area contributed by atoms with Crippen LogP contribution in [-0.2, 0) is 0 Å². The third-order valence-corrected chi connectivity index (χ3v) is 4.58. The minimum atomic E-state index is 0.580. The van der Waals surface area contributed by atoms with Gasteiger partial charge in [-0.25, -0.2) is 0 Å². The minimum absolute atomic E-state index is 0.580. The van der Waals surface area contributed by atoms with Crippen molar-refractivity contribution in [2.75, 3.05) is 13.1 Å². The third-order valence-electron chi connectivity index (χ3n) is 4.58. The molecule has 1 aromatic rings. The molecule has 2 rings (SSSR count). The molecule has 0 aliphatic heterocycles. The first-order valence-electron chi connectivity index (χ1n) is 10.2. The number of aliphatic imine (C=N–C) groups is 1. The monoisotopic (exact) mass is 403 g/mol. The topological polar surface area (TPSA) is 60.8 Å². The summed E-state index contributed by atoms with van der Waals surface area (Å²) in [4.78, 5) is 4.50. The van der Waals surface area contributed by atoms with Crippen LogP contribution in [0.3, 0.4) is 0 Å². The number of nitrogens with zero attached hydrogens (tertiary/aromatic N) is 2. The second kappa shape index (κ2) is 12.4. The fraction of sp³-hybridized carbons (Fsp3) is 0.280. The number of amidine groups is 1. The van der Waals surface area contributed by atoms with Crippen LogP contribution in [0.25, 0.3) is 5.70 Å². The number of hydrazone groups is 1. The van der Waals surface area contributed by atoms with E-state index in [1.165, 1.54) is 5.57 Å². The Bertz CT molecular complexity index is 872. The van der Waals surface area contributed by atoms with Gasteiger partial charge in [0.25, 0.3) is 0 Å². The van der Waals surface area contributed by atoms with E-state index in [1.54, 1.807) is 6.20 Å². The van der Waals surface area contributed by atoms with Crippen molar-refractivity contribution in [2.24, 2.45) is 16.0 Å². The van der Waals surface area contributed by atoms with Gasteiger partial charge in [0.05, 0.1) is 5.71 Å². The Kier molecular flexibility index (Phi) is 9.55. The molecule has 0 aromatic heterocycles. The Hall–Kier alpha value is -3.18. The van der Waals surface area contributed by atoms with E-state index in [9.17, 15) is 0 Å². The van der Waals surface area contributed by atoms with Crippen molar-refractivity contribution in [1.29, 1.82) is 0 Å². The molecule has 0 fully saturated rings. The van der Waals surface area contributed by atoms with Gasteiger partial charge in [-0.3, -0.25) is 10.4 Å². The highest BCUT2D eigenvalue weighted by molar-refractivity contribution is 5.97. The van der Waals surface area contributed by atoms with E-state index >= 15 is 0 Å². The summed E-state index contributed by atoms with van der Waals surface area (Å²) in [5.41, 5.74) is 7.85. The first-order chi connectivity index (χ1) is 14.5. The molecule has 1 aliphatic rings. The fourth-order valence-electron chi connectivity index (χ4n) is 2.96. The summed E-state index contributed by atoms with van der Waals surface area (Å²) in [5.74, 6) is 1.30. The Morgan fingerprint density at radius 1 is 1.20 bits per heavy atom. The van der Waals surface area contributed by atoms with Gasteiger partial charge in [0.1, 0.15) is 5.84 Å². The predicted molar refractivity (Wildman–Crippen MR) is 130 cm³/mol. The first-order valence-corrected chi connectivity index (χ1v) is 10.2. The van der Waals surface area contributed by atoms with Crippen LogP contribution in [0.1, 0.15) is 32.8 Å². The molecule has 1 atom stereocenters. The molecule has 5 heteroatoms. The summed E-state index contributed by atoms with van der Waals surface area (Å²) in [6, 6.07) is 9.95. The molecule has 1 aliphatic carbocycles. The SMILES string of the molecule is C=C(C)/N=C(\C=C/N/N=C(\C)NC(=C)c1ccccc1)CNCC1=CC=CCC1C. The summed E-state index contributed by atoms with van der Waals surface area (Å²) < 4.78 is 0. The second-order valence-electron chi connectivity index (χ2n) is 7.38. The average molecular weight is 404 g/mol. The van der Waals surface area contributed by atoms with E-state index in [4.69, 9.17) is 0 Å². The molecule has 0 spiro atoms. The van der Waals surface area contributed by atoms with E-state index in [1.807, 2.05) is 50.3 Å². The highest BCUT2D eigenvalue weighted by atomic mass is 15.3. The maximum atomic E-state index is 4.50. The lowest BCUT2D eigenvalue weighted by Gasteiger charge is -2.17. The number of nitrogens with one attached hydrogen (secondary N) is 3. The second-order valence-corrected chi connectivity index (χ2v) is 7.38. The summed E-state index contributed by atoms with van der Waals surface area (Å²) in [6.07, 6.45) is 11.3. The van der Waals surface area contributed by atoms with Crippen molar-refractivity contribution in [3.63, 3.8) is 0 Å². The van der Waals surface area contributed by atoms with Crippen LogP contribution in [-0.4, -0.2) is 24.6 Å². The molecule has 0 radical (unpaired) electrons. The minimum Gasteiger partial charge on any atom is -0.343 e. The highest BCUT2D eigenvalue weighted by Gasteiger charge is 2.09. The van der Waals surface area contributed by atoms with Crippen molar-refractivity contribution in [3.8, 4) is 0 Å². The van der Waals surface area contributed by atoms with Crippen LogP contribution in [0.2, 0.25) is 0 Å². The normalized spacial score (nSPS) is 17.0. The third kappa shape index (κ3) is 8.45. The van der Waals surface area contributed by atoms with E-state index in [0.717, 1.165) is 41.5 Å². The van der Waals surface area contributed by atoms with E-state index in [-0.39, 0.29) is 0 Å². The number of hydrogen-bond donors (Lipinski definition) is 3. The molecule has 0 amide bonds. The molecule has 0 bridgehead atoms. The predicted octanol–water partition coefficient (Wildman–Crippen LogP) is 4.77. The van der Waals surface area contributed by atoms with Crippen LogP contribution in [0.4, 0.5) is 0 Å². The molecular weight excluding hydrogens is 370 g/mol. The molecule has 1 unspecified atom stereocenters. The smallest absolute Gasteiger partial charge is 0.123 e. The zero-order valence-corrected chi connectivity index (χ0v) is 18.3. The molecule has 158 valence electrons. The Labute approximate surface area is 180 Å². The highest BCUT2D eigenvalue weighted by Crippen LogP contribution is 2.18. The molecular formula is C25H33N5. The zero-order chi connectivity index (χ0) is 21.8. The van der Waals surface area contributed by atoms with Crippen molar-refractivity contribution in [2.45, 2.75) is 27.2 Å². The molecule has 0 heterocycles. The van der Waals surface area contributed by atoms with E-state index in [2.05, 4.69) is 64.5 Å². The summed E-state index contributed by atoms with van der Waals surface area (Å²) in [6.45, 7) is 15.5. The Morgan fingerprint density at radius 3 is 2.67 bits per heavy atom. The fourth-order valence-corrected chi connectivity index (χ4v) is 2.96. The lowest BCUT2D eigenvalue weighted by atomic mass is 9.93. The summed E-state index contributed by atoms with van der Waals surface area (Å²) >= 11 is 0.